The monoisotopic (exact) mass is 374 g/mol. The van der Waals surface area contributed by atoms with Crippen molar-refractivity contribution in [1.82, 2.24) is 4.98 Å². The highest BCUT2D eigenvalue weighted by Gasteiger charge is 2.36. The number of nitrogens with one attached hydrogen (secondary N) is 1. The maximum atomic E-state index is 13.2. The van der Waals surface area contributed by atoms with Gasteiger partial charge in [-0.05, 0) is 36.2 Å². The number of aliphatic carboxylic acids is 1. The van der Waals surface area contributed by atoms with Crippen LogP contribution in [0.25, 0.3) is 21.9 Å². The first-order valence-electron chi connectivity index (χ1n) is 9.20. The van der Waals surface area contributed by atoms with Crippen molar-refractivity contribution < 1.29 is 19.6 Å². The molecule has 0 saturated heterocycles. The van der Waals surface area contributed by atoms with Gasteiger partial charge in [0.1, 0.15) is 17.9 Å². The van der Waals surface area contributed by atoms with E-state index < -0.39 is 18.1 Å². The number of aromatic nitrogens is 1. The lowest BCUT2D eigenvalue weighted by molar-refractivity contribution is -0.717. The van der Waals surface area contributed by atoms with Gasteiger partial charge in [0, 0.05) is 17.3 Å². The Labute approximate surface area is 159 Å². The lowest BCUT2D eigenvalue weighted by Crippen LogP contribution is -2.96. The van der Waals surface area contributed by atoms with E-state index in [9.17, 15) is 14.7 Å². The van der Waals surface area contributed by atoms with E-state index in [1.54, 1.807) is 11.4 Å². The zero-order valence-corrected chi connectivity index (χ0v) is 15.2. The van der Waals surface area contributed by atoms with E-state index in [0.29, 0.717) is 23.0 Å². The summed E-state index contributed by atoms with van der Waals surface area (Å²) < 4.78 is 5.75. The Bertz CT molecular complexity index is 1300. The van der Waals surface area contributed by atoms with Crippen molar-refractivity contribution in [1.29, 1.82) is 0 Å². The summed E-state index contributed by atoms with van der Waals surface area (Å²) >= 11 is 0. The van der Waals surface area contributed by atoms with E-state index in [2.05, 4.69) is 4.98 Å². The molecule has 0 fully saturated rings. The number of hydrogen-bond acceptors (Lipinski definition) is 4. The van der Waals surface area contributed by atoms with Crippen LogP contribution in [0.15, 0.2) is 57.9 Å². The molecule has 5 rings (SSSR count). The number of benzene rings is 2. The summed E-state index contributed by atoms with van der Waals surface area (Å²) in [6, 6.07) is 11.9. The fraction of sp³-hybridized carbons (Fsp3) is 0.182. The molecule has 3 heterocycles. The van der Waals surface area contributed by atoms with Crippen LogP contribution in [0, 0.1) is 6.92 Å². The van der Waals surface area contributed by atoms with Gasteiger partial charge in [0.15, 0.2) is 6.04 Å². The average Bonchev–Trinajstić information content (AvgIpc) is 3.06. The zero-order chi connectivity index (χ0) is 19.4. The van der Waals surface area contributed by atoms with E-state index in [-0.39, 0.29) is 5.43 Å². The predicted molar refractivity (Wildman–Crippen MR) is 102 cm³/mol. The smallest absolute Gasteiger partial charge is 0.202 e. The van der Waals surface area contributed by atoms with E-state index in [4.69, 9.17) is 4.42 Å². The topological polar surface area (TPSA) is 103 Å². The molecule has 3 N–H and O–H groups in total. The molecule has 1 aliphatic heterocycles. The van der Waals surface area contributed by atoms with Crippen molar-refractivity contribution in [3.05, 3.63) is 81.3 Å². The number of para-hydroxylation sites is 1. The van der Waals surface area contributed by atoms with Crippen LogP contribution in [-0.4, -0.2) is 17.0 Å². The molecule has 0 spiro atoms. The van der Waals surface area contributed by atoms with E-state index in [0.717, 1.165) is 27.7 Å². The van der Waals surface area contributed by atoms with Crippen LogP contribution < -0.4 is 15.9 Å². The number of hydrogen-bond donors (Lipinski definition) is 2. The number of nitrogens with two attached hydrogens (primary N) is 1. The number of quaternary nitrogens is 1. The number of carbonyl (C=O) groups excluding carboxylic acids is 1. The molecule has 4 aromatic rings. The fourth-order valence-corrected chi connectivity index (χ4v) is 4.21. The van der Waals surface area contributed by atoms with Crippen molar-refractivity contribution in [2.24, 2.45) is 0 Å². The van der Waals surface area contributed by atoms with Gasteiger partial charge < -0.3 is 24.6 Å². The number of aromatic amines is 1. The minimum absolute atomic E-state index is 0.147. The summed E-state index contributed by atoms with van der Waals surface area (Å²) in [6.45, 7) is 1.93. The van der Waals surface area contributed by atoms with Gasteiger partial charge in [-0.25, -0.2) is 0 Å². The van der Waals surface area contributed by atoms with Crippen LogP contribution in [0.3, 0.4) is 0 Å². The molecule has 0 saturated carbocycles. The molecule has 28 heavy (non-hydrogen) atoms. The Balaban J connectivity index is 1.75. The minimum Gasteiger partial charge on any atom is -0.544 e. The van der Waals surface area contributed by atoms with Crippen LogP contribution in [0.4, 0.5) is 0 Å². The normalized spacial score (nSPS) is 19.0. The molecule has 0 radical (unpaired) electrons. The summed E-state index contributed by atoms with van der Waals surface area (Å²) in [5.41, 5.74) is 4.49. The number of carboxylic acid groups (broad SMARTS) is 1. The Morgan fingerprint density at radius 1 is 1.21 bits per heavy atom. The van der Waals surface area contributed by atoms with E-state index >= 15 is 0 Å². The zero-order valence-electron chi connectivity index (χ0n) is 15.2. The van der Waals surface area contributed by atoms with E-state index in [1.807, 2.05) is 43.3 Å². The average molecular weight is 374 g/mol. The molecule has 2 aromatic carbocycles. The third-order valence-electron chi connectivity index (χ3n) is 5.60. The maximum Gasteiger partial charge on any atom is 0.202 e. The predicted octanol–water partition coefficient (Wildman–Crippen LogP) is 0.910. The first kappa shape index (κ1) is 16.8. The van der Waals surface area contributed by atoms with Crippen molar-refractivity contribution in [3.8, 4) is 0 Å². The third-order valence-corrected chi connectivity index (χ3v) is 5.60. The highest BCUT2D eigenvalue weighted by atomic mass is 16.4. The molecule has 6 nitrogen and oxygen atoms in total. The fourth-order valence-electron chi connectivity index (χ4n) is 4.21. The second-order valence-electron chi connectivity index (χ2n) is 7.38. The molecule has 2 atom stereocenters. The number of carboxylic acids is 1. The Hall–Kier alpha value is -3.38. The quantitative estimate of drug-likeness (QED) is 0.544. The van der Waals surface area contributed by atoms with Crippen LogP contribution in [-0.2, 0) is 11.2 Å². The van der Waals surface area contributed by atoms with Gasteiger partial charge in [-0.3, -0.25) is 4.79 Å². The van der Waals surface area contributed by atoms with Gasteiger partial charge >= 0.3 is 0 Å². The molecule has 0 amide bonds. The molecule has 0 unspecified atom stereocenters. The van der Waals surface area contributed by atoms with Gasteiger partial charge in [-0.1, -0.05) is 24.3 Å². The van der Waals surface area contributed by atoms with E-state index in [1.165, 1.54) is 6.26 Å². The van der Waals surface area contributed by atoms with Crippen molar-refractivity contribution in [2.45, 2.75) is 25.4 Å². The van der Waals surface area contributed by atoms with Gasteiger partial charge in [0.25, 0.3) is 0 Å². The Kier molecular flexibility index (Phi) is 3.64. The second kappa shape index (κ2) is 6.07. The van der Waals surface area contributed by atoms with Crippen LogP contribution in [0.1, 0.15) is 28.4 Å². The standard InChI is InChI=1S/C22H18N2O4/c1-11-6-7-13-18(8-11)28-10-15(21(13)25)20-19-14(9-17(24-20)22(26)27)12-4-2-3-5-16(12)23-19/h2-8,10,17,20,23-24H,9H2,1H3,(H,26,27)/t17-,20-/m1/s1. The SMILES string of the molecule is Cc1ccc2c(=O)c([C@H]3[NH2+][C@@H](C(=O)[O-])Cc4c3[nH]c3ccccc43)coc2c1. The maximum absolute atomic E-state index is 13.2. The number of fused-ring (bicyclic) bond motifs is 4. The van der Waals surface area contributed by atoms with Crippen LogP contribution in [0.2, 0.25) is 0 Å². The van der Waals surface area contributed by atoms with Gasteiger partial charge in [0.05, 0.1) is 22.6 Å². The van der Waals surface area contributed by atoms with Crippen LogP contribution >= 0.6 is 0 Å². The highest BCUT2D eigenvalue weighted by molar-refractivity contribution is 5.86. The largest absolute Gasteiger partial charge is 0.544 e. The van der Waals surface area contributed by atoms with Gasteiger partial charge in [-0.2, -0.15) is 0 Å². The first-order chi connectivity index (χ1) is 13.5. The molecule has 1 aliphatic rings. The van der Waals surface area contributed by atoms with Gasteiger partial charge in [-0.15, -0.1) is 0 Å². The molecular formula is C22H18N2O4. The highest BCUT2D eigenvalue weighted by Crippen LogP contribution is 2.31. The lowest BCUT2D eigenvalue weighted by atomic mass is 9.90. The van der Waals surface area contributed by atoms with Crippen LogP contribution in [0.5, 0.6) is 0 Å². The first-order valence-corrected chi connectivity index (χ1v) is 9.20. The number of carbonyl (C=O) groups is 1. The lowest BCUT2D eigenvalue weighted by Gasteiger charge is -2.28. The summed E-state index contributed by atoms with van der Waals surface area (Å²) in [7, 11) is 0. The molecule has 0 bridgehead atoms. The summed E-state index contributed by atoms with van der Waals surface area (Å²) in [5.74, 6) is -1.14. The molecule has 6 heteroatoms. The third kappa shape index (κ3) is 2.46. The number of aryl methyl sites for hydroxylation is 1. The Morgan fingerprint density at radius 3 is 2.86 bits per heavy atom. The van der Waals surface area contributed by atoms with Gasteiger partial charge in [0.2, 0.25) is 5.43 Å². The summed E-state index contributed by atoms with van der Waals surface area (Å²) in [5, 5.41) is 14.8. The molecule has 2 aromatic heterocycles. The number of H-pyrrole nitrogens is 1. The van der Waals surface area contributed by atoms with Crippen molar-refractivity contribution >= 4 is 27.8 Å². The summed E-state index contributed by atoms with van der Waals surface area (Å²) in [4.78, 5) is 28.2. The van der Waals surface area contributed by atoms with Crippen molar-refractivity contribution in [3.63, 3.8) is 0 Å². The second-order valence-corrected chi connectivity index (χ2v) is 7.38. The molecular weight excluding hydrogens is 356 g/mol. The Morgan fingerprint density at radius 2 is 2.04 bits per heavy atom. The number of rotatable bonds is 2. The molecule has 0 aliphatic carbocycles. The van der Waals surface area contributed by atoms with Crippen molar-refractivity contribution in [2.75, 3.05) is 0 Å². The summed E-state index contributed by atoms with van der Waals surface area (Å²) in [6.07, 6.45) is 1.80. The minimum atomic E-state index is -1.14. The molecule has 140 valence electrons.